The summed E-state index contributed by atoms with van der Waals surface area (Å²) in [6.45, 7) is 2.34. The van der Waals surface area contributed by atoms with E-state index in [-0.39, 0.29) is 17.6 Å². The molecule has 5 heteroatoms. The van der Waals surface area contributed by atoms with Gasteiger partial charge in [-0.1, -0.05) is 42.7 Å². The molecule has 0 bridgehead atoms. The van der Waals surface area contributed by atoms with Gasteiger partial charge in [0.25, 0.3) is 5.56 Å². The van der Waals surface area contributed by atoms with Gasteiger partial charge in [0, 0.05) is 22.8 Å². The van der Waals surface area contributed by atoms with Crippen molar-refractivity contribution in [3.05, 3.63) is 76.1 Å². The first-order valence-electron chi connectivity index (χ1n) is 9.85. The number of benzene rings is 2. The van der Waals surface area contributed by atoms with Gasteiger partial charge in [0.1, 0.15) is 0 Å². The predicted molar refractivity (Wildman–Crippen MR) is 113 cm³/mol. The van der Waals surface area contributed by atoms with Crippen molar-refractivity contribution in [2.45, 2.75) is 45.2 Å². The molecule has 1 aromatic heterocycles. The number of aryl methyl sites for hydroxylation is 1. The maximum atomic E-state index is 13.0. The first-order chi connectivity index (χ1) is 13.6. The van der Waals surface area contributed by atoms with Crippen LogP contribution < -0.4 is 10.9 Å². The summed E-state index contributed by atoms with van der Waals surface area (Å²) in [5, 5.41) is 3.97. The monoisotopic (exact) mass is 375 g/mol. The number of carbonyl (C=O) groups excluding carboxylic acids is 1. The second kappa shape index (κ2) is 7.89. The number of para-hydroxylation sites is 1. The van der Waals surface area contributed by atoms with Crippen LogP contribution in [0.3, 0.4) is 0 Å². The van der Waals surface area contributed by atoms with Crippen LogP contribution in [0.15, 0.2) is 59.4 Å². The molecule has 1 aliphatic carbocycles. The Balaban J connectivity index is 1.64. The van der Waals surface area contributed by atoms with E-state index in [1.165, 1.54) is 0 Å². The van der Waals surface area contributed by atoms with E-state index < -0.39 is 0 Å². The molecule has 2 amide bonds. The lowest BCUT2D eigenvalue weighted by Crippen LogP contribution is -2.42. The van der Waals surface area contributed by atoms with E-state index in [4.69, 9.17) is 0 Å². The third-order valence-corrected chi connectivity index (χ3v) is 5.47. The predicted octanol–water partition coefficient (Wildman–Crippen LogP) is 4.81. The molecule has 1 aliphatic rings. The van der Waals surface area contributed by atoms with Crippen LogP contribution in [0.1, 0.15) is 36.8 Å². The van der Waals surface area contributed by atoms with Gasteiger partial charge in [-0.25, -0.2) is 4.79 Å². The van der Waals surface area contributed by atoms with E-state index in [2.05, 4.69) is 16.4 Å². The SMILES string of the molecule is Cc1ccc2[nH]c(=O)c(CN(C(=O)Nc3ccccc3)C3CCCC3)cc2c1. The van der Waals surface area contributed by atoms with Gasteiger partial charge in [0.05, 0.1) is 6.54 Å². The molecule has 1 fully saturated rings. The molecule has 0 aliphatic heterocycles. The molecule has 1 heterocycles. The number of pyridine rings is 1. The van der Waals surface area contributed by atoms with Gasteiger partial charge in [0.15, 0.2) is 0 Å². The molecular formula is C23H25N3O2. The number of aromatic amines is 1. The fourth-order valence-corrected chi connectivity index (χ4v) is 3.97. The van der Waals surface area contributed by atoms with Crippen molar-refractivity contribution in [3.8, 4) is 0 Å². The minimum absolute atomic E-state index is 0.133. The Morgan fingerprint density at radius 3 is 2.61 bits per heavy atom. The molecule has 2 N–H and O–H groups in total. The smallest absolute Gasteiger partial charge is 0.322 e. The van der Waals surface area contributed by atoms with Crippen LogP contribution in [-0.2, 0) is 6.54 Å². The van der Waals surface area contributed by atoms with E-state index in [0.717, 1.165) is 47.8 Å². The standard InChI is InChI=1S/C23H25N3O2/c1-16-11-12-21-17(13-16)14-18(22(27)25-21)15-26(20-9-5-6-10-20)23(28)24-19-7-3-2-4-8-19/h2-4,7-8,11-14,20H,5-6,9-10,15H2,1H3,(H,24,28)(H,25,27). The van der Waals surface area contributed by atoms with Crippen LogP contribution in [0.5, 0.6) is 0 Å². The number of fused-ring (bicyclic) bond motifs is 1. The maximum Gasteiger partial charge on any atom is 0.322 e. The van der Waals surface area contributed by atoms with Crippen molar-refractivity contribution in [2.24, 2.45) is 0 Å². The summed E-state index contributed by atoms with van der Waals surface area (Å²) in [4.78, 5) is 30.5. The number of carbonyl (C=O) groups is 1. The molecule has 0 saturated heterocycles. The van der Waals surface area contributed by atoms with Gasteiger partial charge < -0.3 is 15.2 Å². The Bertz CT molecular complexity index is 1040. The zero-order valence-electron chi connectivity index (χ0n) is 16.1. The highest BCUT2D eigenvalue weighted by Gasteiger charge is 2.27. The van der Waals surface area contributed by atoms with Crippen LogP contribution in [0, 0.1) is 6.92 Å². The molecule has 2 aromatic carbocycles. The number of hydrogen-bond acceptors (Lipinski definition) is 2. The van der Waals surface area contributed by atoms with E-state index in [1.54, 1.807) is 0 Å². The highest BCUT2D eigenvalue weighted by Crippen LogP contribution is 2.26. The topological polar surface area (TPSA) is 65.2 Å². The van der Waals surface area contributed by atoms with Crippen LogP contribution >= 0.6 is 0 Å². The zero-order chi connectivity index (χ0) is 19.5. The lowest BCUT2D eigenvalue weighted by molar-refractivity contribution is 0.184. The fraction of sp³-hybridized carbons (Fsp3) is 0.304. The number of hydrogen-bond donors (Lipinski definition) is 2. The normalized spacial score (nSPS) is 14.3. The highest BCUT2D eigenvalue weighted by atomic mass is 16.2. The first-order valence-corrected chi connectivity index (χ1v) is 9.85. The minimum Gasteiger partial charge on any atom is -0.322 e. The molecule has 144 valence electrons. The molecule has 28 heavy (non-hydrogen) atoms. The number of anilines is 1. The largest absolute Gasteiger partial charge is 0.322 e. The fourth-order valence-electron chi connectivity index (χ4n) is 3.97. The number of aromatic nitrogens is 1. The zero-order valence-corrected chi connectivity index (χ0v) is 16.1. The third-order valence-electron chi connectivity index (χ3n) is 5.47. The molecule has 3 aromatic rings. The van der Waals surface area contributed by atoms with Gasteiger partial charge in [-0.2, -0.15) is 0 Å². The lowest BCUT2D eigenvalue weighted by atomic mass is 10.1. The van der Waals surface area contributed by atoms with Crippen molar-refractivity contribution in [1.29, 1.82) is 0 Å². The van der Waals surface area contributed by atoms with Gasteiger partial charge in [-0.05, 0) is 55.5 Å². The summed E-state index contributed by atoms with van der Waals surface area (Å²) < 4.78 is 0. The Kier molecular flexibility index (Phi) is 5.15. The van der Waals surface area contributed by atoms with Crippen molar-refractivity contribution < 1.29 is 4.79 Å². The molecule has 0 radical (unpaired) electrons. The van der Waals surface area contributed by atoms with Gasteiger partial charge in [-0.3, -0.25) is 4.79 Å². The van der Waals surface area contributed by atoms with E-state index >= 15 is 0 Å². The van der Waals surface area contributed by atoms with Gasteiger partial charge >= 0.3 is 6.03 Å². The Labute approximate surface area is 164 Å². The number of nitrogens with one attached hydrogen (secondary N) is 2. The summed E-state index contributed by atoms with van der Waals surface area (Å²) in [5.41, 5.74) is 3.21. The summed E-state index contributed by atoms with van der Waals surface area (Å²) in [6, 6.07) is 17.3. The summed E-state index contributed by atoms with van der Waals surface area (Å²) in [6.07, 6.45) is 4.19. The van der Waals surface area contributed by atoms with Crippen molar-refractivity contribution in [1.82, 2.24) is 9.88 Å². The Morgan fingerprint density at radius 1 is 1.11 bits per heavy atom. The Hall–Kier alpha value is -3.08. The molecular weight excluding hydrogens is 350 g/mol. The van der Waals surface area contributed by atoms with E-state index in [0.29, 0.717) is 12.1 Å². The number of rotatable bonds is 4. The minimum atomic E-state index is -0.151. The van der Waals surface area contributed by atoms with Crippen LogP contribution in [0.4, 0.5) is 10.5 Å². The lowest BCUT2D eigenvalue weighted by Gasteiger charge is -2.29. The summed E-state index contributed by atoms with van der Waals surface area (Å²) in [5.74, 6) is 0. The maximum absolute atomic E-state index is 13.0. The molecule has 1 saturated carbocycles. The molecule has 0 unspecified atom stereocenters. The summed E-state index contributed by atoms with van der Waals surface area (Å²) in [7, 11) is 0. The van der Waals surface area contributed by atoms with Gasteiger partial charge in [-0.15, -0.1) is 0 Å². The van der Waals surface area contributed by atoms with Crippen molar-refractivity contribution in [2.75, 3.05) is 5.32 Å². The second-order valence-electron chi connectivity index (χ2n) is 7.58. The average Bonchev–Trinajstić information content (AvgIpc) is 3.21. The van der Waals surface area contributed by atoms with Crippen LogP contribution in [-0.4, -0.2) is 22.0 Å². The van der Waals surface area contributed by atoms with Crippen molar-refractivity contribution >= 4 is 22.6 Å². The number of amides is 2. The quantitative estimate of drug-likeness (QED) is 0.687. The van der Waals surface area contributed by atoms with E-state index in [1.807, 2.05) is 60.4 Å². The number of nitrogens with zero attached hydrogens (tertiary/aromatic N) is 1. The average molecular weight is 375 g/mol. The second-order valence-corrected chi connectivity index (χ2v) is 7.58. The highest BCUT2D eigenvalue weighted by molar-refractivity contribution is 5.89. The van der Waals surface area contributed by atoms with Crippen LogP contribution in [0.2, 0.25) is 0 Å². The molecule has 0 atom stereocenters. The third kappa shape index (κ3) is 3.93. The first kappa shape index (κ1) is 18.3. The van der Waals surface area contributed by atoms with Crippen molar-refractivity contribution in [3.63, 3.8) is 0 Å². The summed E-state index contributed by atoms with van der Waals surface area (Å²) >= 11 is 0. The molecule has 0 spiro atoms. The molecule has 5 nitrogen and oxygen atoms in total. The molecule has 4 rings (SSSR count). The van der Waals surface area contributed by atoms with Gasteiger partial charge in [0.2, 0.25) is 0 Å². The Morgan fingerprint density at radius 2 is 1.86 bits per heavy atom. The van der Waals surface area contributed by atoms with Crippen LogP contribution in [0.25, 0.3) is 10.9 Å². The van der Waals surface area contributed by atoms with E-state index in [9.17, 15) is 9.59 Å². The number of urea groups is 1. The number of H-pyrrole nitrogens is 1.